The van der Waals surface area contributed by atoms with Crippen LogP contribution in [0.25, 0.3) is 0 Å². The Hall–Kier alpha value is -0.983. The van der Waals surface area contributed by atoms with Gasteiger partial charge < -0.3 is 14.2 Å². The Bertz CT molecular complexity index is 680. The normalized spacial score (nSPS) is 10.3. The Labute approximate surface area is 158 Å². The van der Waals surface area contributed by atoms with Crippen molar-refractivity contribution in [3.05, 3.63) is 46.4 Å². The quantitative estimate of drug-likeness (QED) is 0.561. The number of halogens is 1. The molecular formula is C16H17BrLiO4P. The molecule has 2 aromatic carbocycles. The molecule has 0 aliphatic carbocycles. The molecule has 0 heterocycles. The molecule has 2 rings (SSSR count). The number of rotatable bonds is 6. The molecule has 1 unspecified atom stereocenters. The first-order valence-corrected chi connectivity index (χ1v) is 8.26. The number of hydrogen-bond donors (Lipinski definition) is 0. The molecule has 0 bridgehead atoms. The third-order valence-corrected chi connectivity index (χ3v) is 4.73. The summed E-state index contributed by atoms with van der Waals surface area (Å²) in [6, 6.07) is 11.3. The van der Waals surface area contributed by atoms with Crippen molar-refractivity contribution in [1.29, 1.82) is 0 Å². The van der Waals surface area contributed by atoms with E-state index < -0.39 is 0 Å². The minimum atomic E-state index is -0.0699. The van der Waals surface area contributed by atoms with E-state index >= 15 is 0 Å². The van der Waals surface area contributed by atoms with Gasteiger partial charge >= 0.3 is 18.9 Å². The van der Waals surface area contributed by atoms with Gasteiger partial charge in [-0.2, -0.15) is 0 Å². The Morgan fingerprint density at radius 2 is 1.61 bits per heavy atom. The van der Waals surface area contributed by atoms with Gasteiger partial charge in [-0.25, -0.2) is 0 Å². The standard InChI is InChI=1S/C16H16BrO4P.Li.H/c1-19-12-9-11(17)14(20-2)13(15(12)21-3)16(18)22-10-7-5-4-6-8-10;;/h4-9,22H,1-3H3;;. The topological polar surface area (TPSA) is 44.8 Å². The summed E-state index contributed by atoms with van der Waals surface area (Å²) in [7, 11) is 4.54. The molecular weight excluding hydrogens is 374 g/mol. The first-order valence-electron chi connectivity index (χ1n) is 6.47. The van der Waals surface area contributed by atoms with Gasteiger partial charge in [-0.1, -0.05) is 30.3 Å². The maximum absolute atomic E-state index is 12.8. The predicted octanol–water partition coefficient (Wildman–Crippen LogP) is 2.97. The first-order chi connectivity index (χ1) is 10.6. The van der Waals surface area contributed by atoms with Crippen LogP contribution in [0.2, 0.25) is 0 Å². The van der Waals surface area contributed by atoms with E-state index in [1.165, 1.54) is 21.3 Å². The van der Waals surface area contributed by atoms with Crippen molar-refractivity contribution in [1.82, 2.24) is 0 Å². The number of ether oxygens (including phenoxy) is 3. The molecule has 0 N–H and O–H groups in total. The van der Waals surface area contributed by atoms with E-state index in [9.17, 15) is 4.79 Å². The summed E-state index contributed by atoms with van der Waals surface area (Å²) in [6.07, 6.45) is 0. The summed E-state index contributed by atoms with van der Waals surface area (Å²) < 4.78 is 16.7. The Morgan fingerprint density at radius 1 is 1.00 bits per heavy atom. The van der Waals surface area contributed by atoms with Crippen molar-refractivity contribution in [2.45, 2.75) is 0 Å². The molecule has 0 radical (unpaired) electrons. The van der Waals surface area contributed by atoms with Crippen molar-refractivity contribution < 1.29 is 19.0 Å². The SMILES string of the molecule is COc1cc(Br)c(OC)c(C(=O)Pc2ccccc2)c1OC.[LiH]. The van der Waals surface area contributed by atoms with Gasteiger partial charge in [-0.15, -0.1) is 0 Å². The van der Waals surface area contributed by atoms with Crippen molar-refractivity contribution in [3.63, 3.8) is 0 Å². The van der Waals surface area contributed by atoms with Crippen molar-refractivity contribution in [2.75, 3.05) is 21.3 Å². The van der Waals surface area contributed by atoms with E-state index in [1.54, 1.807) is 6.07 Å². The molecule has 0 aromatic heterocycles. The zero-order valence-electron chi connectivity index (χ0n) is 12.5. The van der Waals surface area contributed by atoms with Gasteiger partial charge in [0.15, 0.2) is 17.0 Å². The van der Waals surface area contributed by atoms with Crippen molar-refractivity contribution in [2.24, 2.45) is 0 Å². The number of methoxy groups -OCH3 is 3. The third kappa shape index (κ3) is 4.52. The minimum absolute atomic E-state index is 0. The molecule has 23 heavy (non-hydrogen) atoms. The zero-order valence-corrected chi connectivity index (χ0v) is 15.1. The average molecular weight is 391 g/mol. The van der Waals surface area contributed by atoms with Crippen LogP contribution in [0.5, 0.6) is 17.2 Å². The fourth-order valence-corrected chi connectivity index (χ4v) is 3.61. The van der Waals surface area contributed by atoms with Crippen LogP contribution < -0.4 is 19.5 Å². The third-order valence-electron chi connectivity index (χ3n) is 3.04. The Balaban J connectivity index is 0.00000264. The number of carbonyl (C=O) groups is 1. The summed E-state index contributed by atoms with van der Waals surface area (Å²) in [5.41, 5.74) is 0.318. The molecule has 0 amide bonds. The van der Waals surface area contributed by atoms with Crippen molar-refractivity contribution >= 4 is 54.2 Å². The van der Waals surface area contributed by atoms with Crippen LogP contribution in [0.1, 0.15) is 10.4 Å². The van der Waals surface area contributed by atoms with Crippen LogP contribution in [0, 0.1) is 0 Å². The van der Waals surface area contributed by atoms with Gasteiger partial charge in [0, 0.05) is 6.07 Å². The summed E-state index contributed by atoms with van der Waals surface area (Å²) in [5, 5.41) is 0.954. The second-order valence-corrected chi connectivity index (χ2v) is 6.46. The number of hydrogen-bond acceptors (Lipinski definition) is 4. The Morgan fingerprint density at radius 3 is 2.13 bits per heavy atom. The van der Waals surface area contributed by atoms with E-state index in [1.807, 2.05) is 30.3 Å². The van der Waals surface area contributed by atoms with E-state index in [0.717, 1.165) is 5.30 Å². The molecule has 0 aliphatic rings. The van der Waals surface area contributed by atoms with Gasteiger partial charge in [0.1, 0.15) is 11.3 Å². The van der Waals surface area contributed by atoms with Crippen LogP contribution >= 0.6 is 24.5 Å². The van der Waals surface area contributed by atoms with E-state index in [2.05, 4.69) is 15.9 Å². The number of benzene rings is 2. The van der Waals surface area contributed by atoms with Crippen molar-refractivity contribution in [3.8, 4) is 17.2 Å². The van der Waals surface area contributed by atoms with Gasteiger partial charge in [-0.05, 0) is 29.8 Å². The fourth-order valence-electron chi connectivity index (χ4n) is 2.07. The van der Waals surface area contributed by atoms with E-state index in [4.69, 9.17) is 14.2 Å². The van der Waals surface area contributed by atoms with Gasteiger partial charge in [-0.3, -0.25) is 4.79 Å². The molecule has 7 heteroatoms. The summed E-state index contributed by atoms with van der Waals surface area (Å²) in [6.45, 7) is 0. The van der Waals surface area contributed by atoms with Crippen LogP contribution in [-0.4, -0.2) is 45.7 Å². The maximum atomic E-state index is 12.8. The molecule has 118 valence electrons. The summed E-state index contributed by atoms with van der Waals surface area (Å²) in [4.78, 5) is 12.8. The molecule has 2 aromatic rings. The summed E-state index contributed by atoms with van der Waals surface area (Å²) in [5.74, 6) is 1.32. The molecule has 0 fully saturated rings. The van der Waals surface area contributed by atoms with Gasteiger partial charge in [0.2, 0.25) is 0 Å². The molecule has 0 saturated heterocycles. The molecule has 4 nitrogen and oxygen atoms in total. The monoisotopic (exact) mass is 390 g/mol. The zero-order chi connectivity index (χ0) is 16.1. The molecule has 0 spiro atoms. The van der Waals surface area contributed by atoms with Crippen LogP contribution in [0.4, 0.5) is 0 Å². The second-order valence-electron chi connectivity index (χ2n) is 4.32. The second kappa shape index (κ2) is 9.35. The number of carbonyl (C=O) groups excluding carboxylic acids is 1. The summed E-state index contributed by atoms with van der Waals surface area (Å²) >= 11 is 3.41. The predicted molar refractivity (Wildman–Crippen MR) is 99.7 cm³/mol. The van der Waals surface area contributed by atoms with Gasteiger partial charge in [0.05, 0.1) is 25.8 Å². The van der Waals surface area contributed by atoms with Crippen LogP contribution in [0.3, 0.4) is 0 Å². The Kier molecular flexibility index (Phi) is 8.15. The molecule has 0 aliphatic heterocycles. The van der Waals surface area contributed by atoms with E-state index in [0.29, 0.717) is 27.3 Å². The van der Waals surface area contributed by atoms with E-state index in [-0.39, 0.29) is 33.0 Å². The first kappa shape index (κ1) is 20.1. The van der Waals surface area contributed by atoms with Gasteiger partial charge in [0.25, 0.3) is 0 Å². The van der Waals surface area contributed by atoms with Crippen LogP contribution in [-0.2, 0) is 0 Å². The van der Waals surface area contributed by atoms with Crippen LogP contribution in [0.15, 0.2) is 40.9 Å². The molecule has 1 atom stereocenters. The molecule has 0 saturated carbocycles. The fraction of sp³-hybridized carbons (Fsp3) is 0.188. The average Bonchev–Trinajstić information content (AvgIpc) is 2.54.